The fourth-order valence-corrected chi connectivity index (χ4v) is 4.76. The second-order valence-electron chi connectivity index (χ2n) is 8.98. The van der Waals surface area contributed by atoms with Gasteiger partial charge in [-0.25, -0.2) is 4.99 Å². The molecular weight excluding hydrogens is 348 g/mol. The first-order valence-corrected chi connectivity index (χ1v) is 11.1. The van der Waals surface area contributed by atoms with Crippen molar-refractivity contribution in [3.63, 3.8) is 0 Å². The summed E-state index contributed by atoms with van der Waals surface area (Å²) in [6.07, 6.45) is 5.03. The molecule has 3 saturated heterocycles. The van der Waals surface area contributed by atoms with Gasteiger partial charge in [-0.3, -0.25) is 0 Å². The lowest BCUT2D eigenvalue weighted by atomic mass is 9.87. The third-order valence-electron chi connectivity index (χ3n) is 6.75. The molecule has 0 aliphatic carbocycles. The summed E-state index contributed by atoms with van der Waals surface area (Å²) in [5, 5.41) is 3.50. The van der Waals surface area contributed by atoms with Crippen molar-refractivity contribution in [1.29, 1.82) is 0 Å². The Morgan fingerprint density at radius 1 is 1.18 bits per heavy atom. The number of benzene rings is 1. The van der Waals surface area contributed by atoms with Gasteiger partial charge < -0.3 is 19.9 Å². The minimum Gasteiger partial charge on any atom is -0.381 e. The quantitative estimate of drug-likeness (QED) is 0.637. The number of nitrogens with one attached hydrogen (secondary N) is 1. The van der Waals surface area contributed by atoms with E-state index in [0.29, 0.717) is 5.41 Å². The van der Waals surface area contributed by atoms with Crippen molar-refractivity contribution in [2.45, 2.75) is 46.1 Å². The third kappa shape index (κ3) is 4.45. The van der Waals surface area contributed by atoms with Gasteiger partial charge >= 0.3 is 0 Å². The molecule has 0 radical (unpaired) electrons. The maximum Gasteiger partial charge on any atom is 0.194 e. The van der Waals surface area contributed by atoms with Crippen molar-refractivity contribution in [2.75, 3.05) is 50.8 Å². The number of ether oxygens (including phenoxy) is 1. The minimum atomic E-state index is 0.365. The Labute approximate surface area is 170 Å². The Balaban J connectivity index is 1.37. The van der Waals surface area contributed by atoms with Crippen LogP contribution in [0, 0.1) is 11.3 Å². The summed E-state index contributed by atoms with van der Waals surface area (Å²) in [4.78, 5) is 9.90. The highest BCUT2D eigenvalue weighted by atomic mass is 16.5. The number of rotatable bonds is 4. The van der Waals surface area contributed by atoms with E-state index in [0.717, 1.165) is 51.3 Å². The lowest BCUT2D eigenvalue weighted by Crippen LogP contribution is -2.41. The van der Waals surface area contributed by atoms with Crippen molar-refractivity contribution in [2.24, 2.45) is 16.3 Å². The first-order chi connectivity index (χ1) is 13.7. The SMILES string of the molecule is CCNC(=NCc1ccc(N2CCC(C)CC2)cc1)N1CCC2(CCOC2)C1. The number of nitrogens with zero attached hydrogens (tertiary/aromatic N) is 3. The molecule has 0 amide bonds. The highest BCUT2D eigenvalue weighted by Crippen LogP contribution is 2.38. The highest BCUT2D eigenvalue weighted by molar-refractivity contribution is 5.80. The van der Waals surface area contributed by atoms with Crippen LogP contribution in [0.4, 0.5) is 5.69 Å². The molecule has 4 rings (SSSR count). The van der Waals surface area contributed by atoms with Gasteiger partial charge in [0, 0.05) is 50.4 Å². The molecule has 28 heavy (non-hydrogen) atoms. The summed E-state index contributed by atoms with van der Waals surface area (Å²) in [5.41, 5.74) is 3.00. The van der Waals surface area contributed by atoms with E-state index >= 15 is 0 Å². The van der Waals surface area contributed by atoms with Gasteiger partial charge in [-0.15, -0.1) is 0 Å². The molecule has 1 spiro atoms. The van der Waals surface area contributed by atoms with Gasteiger partial charge in [-0.2, -0.15) is 0 Å². The Hall–Kier alpha value is -1.75. The number of guanidine groups is 1. The van der Waals surface area contributed by atoms with E-state index in [1.807, 2.05) is 0 Å². The molecule has 3 heterocycles. The Morgan fingerprint density at radius 2 is 1.96 bits per heavy atom. The molecule has 3 aliphatic heterocycles. The predicted octanol–water partition coefficient (Wildman–Crippen LogP) is 3.50. The van der Waals surface area contributed by atoms with Crippen LogP contribution in [0.25, 0.3) is 0 Å². The number of hydrogen-bond donors (Lipinski definition) is 1. The average molecular weight is 385 g/mol. The van der Waals surface area contributed by atoms with Gasteiger partial charge in [-0.1, -0.05) is 19.1 Å². The second-order valence-corrected chi connectivity index (χ2v) is 8.98. The average Bonchev–Trinajstić information content (AvgIpc) is 3.36. The van der Waals surface area contributed by atoms with Gasteiger partial charge in [0.2, 0.25) is 0 Å². The lowest BCUT2D eigenvalue weighted by molar-refractivity contribution is 0.156. The molecule has 1 aromatic rings. The van der Waals surface area contributed by atoms with Crippen molar-refractivity contribution in [3.05, 3.63) is 29.8 Å². The normalized spacial score (nSPS) is 26.4. The molecule has 1 unspecified atom stereocenters. The van der Waals surface area contributed by atoms with Gasteiger partial charge in [0.1, 0.15) is 0 Å². The topological polar surface area (TPSA) is 40.1 Å². The monoisotopic (exact) mass is 384 g/mol. The predicted molar refractivity (Wildman–Crippen MR) is 116 cm³/mol. The summed E-state index contributed by atoms with van der Waals surface area (Å²) in [6, 6.07) is 9.04. The number of anilines is 1. The van der Waals surface area contributed by atoms with Crippen LogP contribution in [0.1, 0.15) is 45.1 Å². The molecule has 1 aromatic carbocycles. The minimum absolute atomic E-state index is 0.365. The van der Waals surface area contributed by atoms with Gasteiger partial charge in [0.05, 0.1) is 13.2 Å². The molecule has 0 bridgehead atoms. The van der Waals surface area contributed by atoms with E-state index < -0.39 is 0 Å². The fourth-order valence-electron chi connectivity index (χ4n) is 4.76. The summed E-state index contributed by atoms with van der Waals surface area (Å²) in [7, 11) is 0. The molecule has 0 aromatic heterocycles. The maximum absolute atomic E-state index is 5.68. The van der Waals surface area contributed by atoms with Crippen LogP contribution in [0.3, 0.4) is 0 Å². The molecule has 5 heteroatoms. The van der Waals surface area contributed by atoms with E-state index in [-0.39, 0.29) is 0 Å². The summed E-state index contributed by atoms with van der Waals surface area (Å²) < 4.78 is 5.68. The van der Waals surface area contributed by atoms with E-state index in [4.69, 9.17) is 9.73 Å². The second kappa shape index (κ2) is 8.73. The van der Waals surface area contributed by atoms with E-state index in [1.165, 1.54) is 50.0 Å². The van der Waals surface area contributed by atoms with E-state index in [1.54, 1.807) is 0 Å². The van der Waals surface area contributed by atoms with E-state index in [9.17, 15) is 0 Å². The first kappa shape index (κ1) is 19.6. The summed E-state index contributed by atoms with van der Waals surface area (Å²) >= 11 is 0. The summed E-state index contributed by atoms with van der Waals surface area (Å²) in [5.74, 6) is 1.93. The fraction of sp³-hybridized carbons (Fsp3) is 0.696. The third-order valence-corrected chi connectivity index (χ3v) is 6.75. The molecule has 0 saturated carbocycles. The highest BCUT2D eigenvalue weighted by Gasteiger charge is 2.42. The van der Waals surface area contributed by atoms with Crippen LogP contribution in [0.15, 0.2) is 29.3 Å². The van der Waals surface area contributed by atoms with Gasteiger partial charge in [0.25, 0.3) is 0 Å². The number of piperidine rings is 1. The lowest BCUT2D eigenvalue weighted by Gasteiger charge is -2.32. The molecule has 154 valence electrons. The molecule has 1 N–H and O–H groups in total. The van der Waals surface area contributed by atoms with Crippen molar-refractivity contribution >= 4 is 11.6 Å². The molecule has 5 nitrogen and oxygen atoms in total. The largest absolute Gasteiger partial charge is 0.381 e. The zero-order valence-corrected chi connectivity index (χ0v) is 17.6. The van der Waals surface area contributed by atoms with Crippen LogP contribution in [0.2, 0.25) is 0 Å². The number of aliphatic imine (C=N–C) groups is 1. The van der Waals surface area contributed by atoms with Gasteiger partial charge in [0.15, 0.2) is 5.96 Å². The zero-order chi connectivity index (χ0) is 19.4. The molecule has 1 atom stereocenters. The Bertz CT molecular complexity index is 658. The van der Waals surface area contributed by atoms with Crippen LogP contribution < -0.4 is 10.2 Å². The van der Waals surface area contributed by atoms with Crippen LogP contribution in [-0.2, 0) is 11.3 Å². The first-order valence-electron chi connectivity index (χ1n) is 11.1. The van der Waals surface area contributed by atoms with Crippen LogP contribution in [-0.4, -0.2) is 56.8 Å². The van der Waals surface area contributed by atoms with Crippen molar-refractivity contribution in [3.8, 4) is 0 Å². The van der Waals surface area contributed by atoms with Gasteiger partial charge in [-0.05, 0) is 56.2 Å². The standard InChI is InChI=1S/C23H36N4O/c1-3-24-22(27-14-10-23(17-27)11-15-28-18-23)25-16-20-4-6-21(7-5-20)26-12-8-19(2)9-13-26/h4-7,19H,3,8-18H2,1-2H3,(H,24,25). The maximum atomic E-state index is 5.68. The summed E-state index contributed by atoms with van der Waals surface area (Å²) in [6.45, 7) is 12.5. The number of hydrogen-bond acceptors (Lipinski definition) is 3. The smallest absolute Gasteiger partial charge is 0.194 e. The van der Waals surface area contributed by atoms with Crippen LogP contribution in [0.5, 0.6) is 0 Å². The van der Waals surface area contributed by atoms with Crippen molar-refractivity contribution in [1.82, 2.24) is 10.2 Å². The Morgan fingerprint density at radius 3 is 2.64 bits per heavy atom. The number of likely N-dealkylation sites (tertiary alicyclic amines) is 1. The Kier molecular flexibility index (Phi) is 6.10. The molecule has 3 fully saturated rings. The van der Waals surface area contributed by atoms with Crippen LogP contribution >= 0.6 is 0 Å². The molecular formula is C23H36N4O. The van der Waals surface area contributed by atoms with Crippen molar-refractivity contribution < 1.29 is 4.74 Å². The molecule has 3 aliphatic rings. The van der Waals surface area contributed by atoms with E-state index in [2.05, 4.69) is 53.2 Å². The zero-order valence-electron chi connectivity index (χ0n) is 17.6.